The molecule has 8 heteroatoms. The zero-order valence-corrected chi connectivity index (χ0v) is 14.8. The molecular weight excluding hydrogens is 332 g/mol. The molecule has 136 valence electrons. The van der Waals surface area contributed by atoms with Gasteiger partial charge < -0.3 is 15.3 Å². The van der Waals surface area contributed by atoms with Crippen molar-refractivity contribution in [3.05, 3.63) is 35.8 Å². The lowest BCUT2D eigenvalue weighted by molar-refractivity contribution is 0.108. The zero-order valence-electron chi connectivity index (χ0n) is 14.8. The fourth-order valence-electron chi connectivity index (χ4n) is 3.58. The number of carbonyl (C=O) groups is 1. The van der Waals surface area contributed by atoms with Crippen LogP contribution >= 0.6 is 0 Å². The maximum atomic E-state index is 11.5. The number of carboxylic acid groups (broad SMARTS) is 1. The van der Waals surface area contributed by atoms with Crippen LogP contribution in [0.25, 0.3) is 0 Å². The van der Waals surface area contributed by atoms with Crippen molar-refractivity contribution < 1.29 is 9.90 Å². The Morgan fingerprint density at radius 2 is 2.27 bits per heavy atom. The number of aromatic nitrogens is 3. The van der Waals surface area contributed by atoms with Gasteiger partial charge in [-0.05, 0) is 45.2 Å². The minimum atomic E-state index is -0.856. The van der Waals surface area contributed by atoms with Crippen LogP contribution in [0.2, 0.25) is 0 Å². The number of hydrogen-bond acceptors (Lipinski definition) is 5. The first-order chi connectivity index (χ1) is 12.5. The van der Waals surface area contributed by atoms with Gasteiger partial charge in [-0.25, -0.2) is 9.78 Å². The van der Waals surface area contributed by atoms with E-state index in [9.17, 15) is 9.90 Å². The molecule has 2 aromatic heterocycles. The predicted molar refractivity (Wildman–Crippen MR) is 96.2 cm³/mol. The van der Waals surface area contributed by atoms with Crippen molar-refractivity contribution in [2.24, 2.45) is 0 Å². The molecule has 0 radical (unpaired) electrons. The average Bonchev–Trinajstić information content (AvgIpc) is 3.24. The van der Waals surface area contributed by atoms with Gasteiger partial charge in [0.2, 0.25) is 0 Å². The van der Waals surface area contributed by atoms with E-state index < -0.39 is 6.09 Å². The van der Waals surface area contributed by atoms with Gasteiger partial charge in [0.25, 0.3) is 0 Å². The molecule has 8 nitrogen and oxygen atoms in total. The van der Waals surface area contributed by atoms with E-state index in [1.165, 1.54) is 0 Å². The molecule has 2 heterocycles. The lowest BCUT2D eigenvalue weighted by Gasteiger charge is -2.30. The molecule has 1 fully saturated rings. The molecule has 3 rings (SSSR count). The summed E-state index contributed by atoms with van der Waals surface area (Å²) in [5.74, 6) is 0.941. The Hall–Kier alpha value is -3.08. The Bertz CT molecular complexity index is 808. The highest BCUT2D eigenvalue weighted by Crippen LogP contribution is 2.37. The third-order valence-electron chi connectivity index (χ3n) is 4.76. The van der Waals surface area contributed by atoms with Crippen LogP contribution in [0.5, 0.6) is 0 Å². The number of pyridine rings is 1. The van der Waals surface area contributed by atoms with Crippen LogP contribution in [0.1, 0.15) is 50.4 Å². The highest BCUT2D eigenvalue weighted by molar-refractivity contribution is 5.66. The first-order valence-corrected chi connectivity index (χ1v) is 8.67. The second-order valence-electron chi connectivity index (χ2n) is 6.82. The van der Waals surface area contributed by atoms with Crippen molar-refractivity contribution in [1.82, 2.24) is 20.1 Å². The molecule has 0 saturated heterocycles. The molecule has 0 unspecified atom stereocenters. The van der Waals surface area contributed by atoms with Crippen LogP contribution in [0, 0.1) is 11.3 Å². The van der Waals surface area contributed by atoms with Gasteiger partial charge in [0.15, 0.2) is 5.82 Å². The van der Waals surface area contributed by atoms with E-state index in [-0.39, 0.29) is 18.0 Å². The molecule has 1 aliphatic carbocycles. The molecule has 0 bridgehead atoms. The number of anilines is 2. The molecule has 26 heavy (non-hydrogen) atoms. The van der Waals surface area contributed by atoms with Crippen molar-refractivity contribution in [3.8, 4) is 6.07 Å². The monoisotopic (exact) mass is 354 g/mol. The summed E-state index contributed by atoms with van der Waals surface area (Å²) >= 11 is 0. The van der Waals surface area contributed by atoms with Crippen LogP contribution in [-0.2, 0) is 0 Å². The first-order valence-electron chi connectivity index (χ1n) is 8.67. The molecule has 0 aromatic carbocycles. The first kappa shape index (κ1) is 17.7. The van der Waals surface area contributed by atoms with E-state index >= 15 is 0 Å². The number of nitriles is 1. The van der Waals surface area contributed by atoms with Gasteiger partial charge in [-0.15, -0.1) is 0 Å². The van der Waals surface area contributed by atoms with Crippen LogP contribution in [0.3, 0.4) is 0 Å². The van der Waals surface area contributed by atoms with Crippen LogP contribution in [0.4, 0.5) is 16.3 Å². The highest BCUT2D eigenvalue weighted by Gasteiger charge is 2.34. The Morgan fingerprint density at radius 3 is 2.88 bits per heavy atom. The van der Waals surface area contributed by atoms with Gasteiger partial charge >= 0.3 is 6.09 Å². The Balaban J connectivity index is 1.65. The number of hydrogen-bond donors (Lipinski definition) is 3. The van der Waals surface area contributed by atoms with Crippen molar-refractivity contribution in [2.75, 3.05) is 5.32 Å². The topological polar surface area (TPSA) is 118 Å². The summed E-state index contributed by atoms with van der Waals surface area (Å²) in [6.07, 6.45) is 3.32. The smallest absolute Gasteiger partial charge is 0.407 e. The van der Waals surface area contributed by atoms with Gasteiger partial charge in [-0.3, -0.25) is 5.10 Å². The number of nitrogens with zero attached hydrogens (tertiary/aromatic N) is 4. The molecule has 1 saturated carbocycles. The predicted octanol–water partition coefficient (Wildman–Crippen LogP) is 3.44. The van der Waals surface area contributed by atoms with E-state index in [1.54, 1.807) is 23.2 Å². The summed E-state index contributed by atoms with van der Waals surface area (Å²) in [7, 11) is 0. The van der Waals surface area contributed by atoms with E-state index in [0.717, 1.165) is 30.6 Å². The minimum absolute atomic E-state index is 0.0286. The van der Waals surface area contributed by atoms with Crippen LogP contribution < -0.4 is 5.32 Å². The van der Waals surface area contributed by atoms with Crippen molar-refractivity contribution in [2.45, 2.75) is 51.1 Å². The SMILES string of the molecule is CC(C)N(C(=O)O)[C@@H]1CC[C@H](c2cc(Nc3ccc(C#N)nc3)n[nH]2)C1. The second-order valence-corrected chi connectivity index (χ2v) is 6.82. The summed E-state index contributed by atoms with van der Waals surface area (Å²) in [4.78, 5) is 17.1. The molecule has 2 atom stereocenters. The molecule has 3 N–H and O–H groups in total. The maximum Gasteiger partial charge on any atom is 0.407 e. The second kappa shape index (κ2) is 7.44. The normalized spacial score (nSPS) is 19.3. The van der Waals surface area contributed by atoms with Crippen LogP contribution in [-0.4, -0.2) is 43.4 Å². The van der Waals surface area contributed by atoms with Gasteiger partial charge in [0.1, 0.15) is 11.8 Å². The zero-order chi connectivity index (χ0) is 18.7. The fourth-order valence-corrected chi connectivity index (χ4v) is 3.58. The van der Waals surface area contributed by atoms with Gasteiger partial charge in [0, 0.05) is 29.8 Å². The lowest BCUT2D eigenvalue weighted by Crippen LogP contribution is -2.42. The molecular formula is C18H22N6O2. The van der Waals surface area contributed by atoms with Crippen molar-refractivity contribution >= 4 is 17.6 Å². The number of aromatic amines is 1. The average molecular weight is 354 g/mol. The molecule has 0 spiro atoms. The fraction of sp³-hybridized carbons (Fsp3) is 0.444. The molecule has 1 amide bonds. The van der Waals surface area contributed by atoms with E-state index in [4.69, 9.17) is 5.26 Å². The molecule has 0 aliphatic heterocycles. The molecule has 2 aromatic rings. The third-order valence-corrected chi connectivity index (χ3v) is 4.76. The number of nitrogens with one attached hydrogen (secondary N) is 2. The maximum absolute atomic E-state index is 11.5. The lowest BCUT2D eigenvalue weighted by atomic mass is 10.0. The number of amides is 1. The molecule has 1 aliphatic rings. The summed E-state index contributed by atoms with van der Waals surface area (Å²) in [6.45, 7) is 3.82. The largest absolute Gasteiger partial charge is 0.465 e. The number of rotatable bonds is 5. The Labute approximate surface area is 151 Å². The van der Waals surface area contributed by atoms with Gasteiger partial charge in [-0.1, -0.05) is 0 Å². The van der Waals surface area contributed by atoms with E-state index in [0.29, 0.717) is 11.5 Å². The quantitative estimate of drug-likeness (QED) is 0.757. The van der Waals surface area contributed by atoms with Crippen molar-refractivity contribution in [1.29, 1.82) is 5.26 Å². The minimum Gasteiger partial charge on any atom is -0.465 e. The Morgan fingerprint density at radius 1 is 1.46 bits per heavy atom. The third kappa shape index (κ3) is 3.77. The number of H-pyrrole nitrogens is 1. The van der Waals surface area contributed by atoms with E-state index in [1.807, 2.05) is 26.0 Å². The van der Waals surface area contributed by atoms with Gasteiger partial charge in [0.05, 0.1) is 11.9 Å². The standard InChI is InChI=1S/C18H22N6O2/c1-11(2)24(18(25)26)15-6-3-12(7-15)16-8-17(23-22-16)21-14-5-4-13(9-19)20-10-14/h4-5,8,10-12,15H,3,6-7H2,1-2H3,(H,25,26)(H2,21,22,23)/t12-,15+/m0/s1. The van der Waals surface area contributed by atoms with Crippen LogP contribution in [0.15, 0.2) is 24.4 Å². The van der Waals surface area contributed by atoms with E-state index in [2.05, 4.69) is 20.5 Å². The summed E-state index contributed by atoms with van der Waals surface area (Å²) in [5.41, 5.74) is 2.12. The Kier molecular flexibility index (Phi) is 5.07. The van der Waals surface area contributed by atoms with Gasteiger partial charge in [-0.2, -0.15) is 10.4 Å². The summed E-state index contributed by atoms with van der Waals surface area (Å²) < 4.78 is 0. The summed E-state index contributed by atoms with van der Waals surface area (Å²) in [5, 5.41) is 28.7. The summed E-state index contributed by atoms with van der Waals surface area (Å²) in [6, 6.07) is 7.36. The highest BCUT2D eigenvalue weighted by atomic mass is 16.4. The van der Waals surface area contributed by atoms with Crippen molar-refractivity contribution in [3.63, 3.8) is 0 Å².